The zero-order valence-corrected chi connectivity index (χ0v) is 12.4. The molecule has 8 heteroatoms. The standard InChI is InChI=1S/C13H12ClN3O3S/c14-8-2-1-3-16(5-8)4-7-6-21-12-9(15)11(18)17(12)10(7)13(19)20/h1-3,5,9,12H,4,6,15H2. The topological polar surface area (TPSA) is 90.3 Å². The zero-order chi connectivity index (χ0) is 15.1. The summed E-state index contributed by atoms with van der Waals surface area (Å²) in [7, 11) is 0. The van der Waals surface area contributed by atoms with Crippen LogP contribution in [0.2, 0.25) is 5.02 Å². The summed E-state index contributed by atoms with van der Waals surface area (Å²) in [6.07, 6.45) is 3.48. The highest BCUT2D eigenvalue weighted by molar-refractivity contribution is 8.00. The summed E-state index contributed by atoms with van der Waals surface area (Å²) >= 11 is 7.38. The van der Waals surface area contributed by atoms with Gasteiger partial charge in [0.1, 0.15) is 16.4 Å². The maximum atomic E-state index is 11.8. The van der Waals surface area contributed by atoms with Crippen LogP contribution >= 0.6 is 23.4 Å². The Morgan fingerprint density at radius 2 is 2.38 bits per heavy atom. The molecule has 3 heterocycles. The molecule has 1 amide bonds. The quantitative estimate of drug-likeness (QED) is 0.561. The zero-order valence-electron chi connectivity index (χ0n) is 10.9. The molecule has 1 aromatic rings. The van der Waals surface area contributed by atoms with Crippen LogP contribution in [0.5, 0.6) is 0 Å². The molecule has 2 atom stereocenters. The van der Waals surface area contributed by atoms with Gasteiger partial charge in [0.2, 0.25) is 5.91 Å². The van der Waals surface area contributed by atoms with Gasteiger partial charge >= 0.3 is 0 Å². The van der Waals surface area contributed by atoms with E-state index in [2.05, 4.69) is 0 Å². The molecular weight excluding hydrogens is 314 g/mol. The van der Waals surface area contributed by atoms with Crippen LogP contribution in [0.4, 0.5) is 0 Å². The number of halogens is 1. The number of β-lactam (4-membered cyclic amide) rings is 1. The van der Waals surface area contributed by atoms with E-state index >= 15 is 0 Å². The van der Waals surface area contributed by atoms with Crippen LogP contribution in [0.1, 0.15) is 0 Å². The monoisotopic (exact) mass is 325 g/mol. The summed E-state index contributed by atoms with van der Waals surface area (Å²) in [5.41, 5.74) is 6.24. The van der Waals surface area contributed by atoms with Crippen LogP contribution in [-0.4, -0.2) is 33.9 Å². The van der Waals surface area contributed by atoms with Crippen molar-refractivity contribution in [2.75, 3.05) is 5.75 Å². The molecule has 110 valence electrons. The normalized spacial score (nSPS) is 24.7. The molecule has 0 spiro atoms. The SMILES string of the molecule is NC1C(=O)N2C(C(=O)[O-])=C(C[n+]3cccc(Cl)c3)CSC12. The number of pyridine rings is 1. The first-order chi connectivity index (χ1) is 9.99. The first kappa shape index (κ1) is 14.4. The molecule has 0 aromatic carbocycles. The third-order valence-electron chi connectivity index (χ3n) is 3.48. The number of carbonyl (C=O) groups excluding carboxylic acids is 2. The van der Waals surface area contributed by atoms with Gasteiger partial charge in [-0.1, -0.05) is 11.6 Å². The summed E-state index contributed by atoms with van der Waals surface area (Å²) in [6.45, 7) is 0.336. The Bertz CT molecular complexity index is 664. The maximum absolute atomic E-state index is 11.8. The minimum Gasteiger partial charge on any atom is -0.543 e. The lowest BCUT2D eigenvalue weighted by Crippen LogP contribution is -2.69. The Kier molecular flexibility index (Phi) is 3.64. The van der Waals surface area contributed by atoms with Gasteiger partial charge in [0.25, 0.3) is 0 Å². The number of amides is 1. The van der Waals surface area contributed by atoms with Gasteiger partial charge in [0.05, 0.1) is 11.7 Å². The van der Waals surface area contributed by atoms with E-state index in [-0.39, 0.29) is 17.0 Å². The van der Waals surface area contributed by atoms with Crippen molar-refractivity contribution in [3.8, 4) is 0 Å². The number of hydrogen-bond donors (Lipinski definition) is 1. The number of aliphatic carboxylic acids is 1. The number of nitrogens with two attached hydrogens (primary N) is 1. The fourth-order valence-electron chi connectivity index (χ4n) is 2.50. The van der Waals surface area contributed by atoms with Crippen molar-refractivity contribution >= 4 is 35.2 Å². The van der Waals surface area contributed by atoms with Crippen molar-refractivity contribution < 1.29 is 19.3 Å². The molecule has 3 rings (SSSR count). The number of carboxylic acid groups (broad SMARTS) is 1. The second-order valence-electron chi connectivity index (χ2n) is 4.87. The third-order valence-corrected chi connectivity index (χ3v) is 5.06. The Hall–Kier alpha value is -1.57. The first-order valence-corrected chi connectivity index (χ1v) is 7.70. The van der Waals surface area contributed by atoms with Gasteiger partial charge < -0.3 is 15.6 Å². The smallest absolute Gasteiger partial charge is 0.248 e. The Balaban J connectivity index is 1.95. The average molecular weight is 326 g/mol. The lowest BCUT2D eigenvalue weighted by Gasteiger charge is -2.49. The van der Waals surface area contributed by atoms with Crippen molar-refractivity contribution in [2.45, 2.75) is 18.0 Å². The molecular formula is C13H12ClN3O3S. The molecule has 1 saturated heterocycles. The predicted molar refractivity (Wildman–Crippen MR) is 74.7 cm³/mol. The highest BCUT2D eigenvalue weighted by Gasteiger charge is 2.50. The van der Waals surface area contributed by atoms with E-state index < -0.39 is 12.0 Å². The number of carboxylic acids is 1. The van der Waals surface area contributed by atoms with Crippen LogP contribution in [0.3, 0.4) is 0 Å². The van der Waals surface area contributed by atoms with Gasteiger partial charge in [-0.2, -0.15) is 4.57 Å². The van der Waals surface area contributed by atoms with Crippen LogP contribution in [0, 0.1) is 0 Å². The summed E-state index contributed by atoms with van der Waals surface area (Å²) in [6, 6.07) is 2.87. The number of fused-ring (bicyclic) bond motifs is 1. The minimum absolute atomic E-state index is 0.0575. The second kappa shape index (κ2) is 5.32. The van der Waals surface area contributed by atoms with Crippen LogP contribution in [0.25, 0.3) is 0 Å². The van der Waals surface area contributed by atoms with Gasteiger partial charge in [-0.05, 0) is 6.07 Å². The molecule has 2 aliphatic heterocycles. The molecule has 0 bridgehead atoms. The highest BCUT2D eigenvalue weighted by atomic mass is 35.5. The molecule has 21 heavy (non-hydrogen) atoms. The van der Waals surface area contributed by atoms with Gasteiger partial charge in [0, 0.05) is 17.4 Å². The minimum atomic E-state index is -1.35. The second-order valence-corrected chi connectivity index (χ2v) is 6.41. The van der Waals surface area contributed by atoms with E-state index in [4.69, 9.17) is 17.3 Å². The van der Waals surface area contributed by atoms with Gasteiger partial charge in [-0.3, -0.25) is 9.69 Å². The largest absolute Gasteiger partial charge is 0.543 e. The number of rotatable bonds is 3. The molecule has 1 fully saturated rings. The maximum Gasteiger partial charge on any atom is 0.248 e. The Labute approximate surface area is 130 Å². The molecule has 0 aliphatic carbocycles. The lowest BCUT2D eigenvalue weighted by molar-refractivity contribution is -0.689. The number of aromatic nitrogens is 1. The molecule has 6 nitrogen and oxygen atoms in total. The summed E-state index contributed by atoms with van der Waals surface area (Å²) < 4.78 is 1.77. The van der Waals surface area contributed by atoms with Crippen LogP contribution in [0.15, 0.2) is 35.8 Å². The van der Waals surface area contributed by atoms with E-state index in [0.717, 1.165) is 0 Å². The van der Waals surface area contributed by atoms with Crippen molar-refractivity contribution in [1.82, 2.24) is 4.90 Å². The highest BCUT2D eigenvalue weighted by Crippen LogP contribution is 2.39. The number of carbonyl (C=O) groups is 2. The lowest BCUT2D eigenvalue weighted by atomic mass is 10.0. The fraction of sp³-hybridized carbons (Fsp3) is 0.308. The third kappa shape index (κ3) is 2.41. The van der Waals surface area contributed by atoms with Crippen molar-refractivity contribution in [3.63, 3.8) is 0 Å². The Morgan fingerprint density at radius 3 is 3.05 bits per heavy atom. The van der Waals surface area contributed by atoms with E-state index in [1.54, 1.807) is 29.1 Å². The number of nitrogens with zero attached hydrogens (tertiary/aromatic N) is 2. The van der Waals surface area contributed by atoms with Gasteiger partial charge in [-0.25, -0.2) is 0 Å². The van der Waals surface area contributed by atoms with E-state index in [9.17, 15) is 14.7 Å². The summed E-state index contributed by atoms with van der Waals surface area (Å²) in [5.74, 6) is -1.23. The van der Waals surface area contributed by atoms with Crippen molar-refractivity contribution in [2.24, 2.45) is 5.73 Å². The van der Waals surface area contributed by atoms with Gasteiger partial charge in [0.15, 0.2) is 18.9 Å². The predicted octanol–water partition coefficient (Wildman–Crippen LogP) is -1.13. The van der Waals surface area contributed by atoms with Crippen LogP contribution < -0.4 is 15.4 Å². The molecule has 0 radical (unpaired) electrons. The van der Waals surface area contributed by atoms with E-state index in [0.29, 0.717) is 22.9 Å². The van der Waals surface area contributed by atoms with E-state index in [1.165, 1.54) is 16.7 Å². The average Bonchev–Trinajstić information content (AvgIpc) is 2.45. The van der Waals surface area contributed by atoms with Gasteiger partial charge in [-0.15, -0.1) is 11.8 Å². The summed E-state index contributed by atoms with van der Waals surface area (Å²) in [4.78, 5) is 24.4. The molecule has 2 aliphatic rings. The summed E-state index contributed by atoms with van der Waals surface area (Å²) in [5, 5.41) is 11.7. The van der Waals surface area contributed by atoms with Crippen molar-refractivity contribution in [1.29, 1.82) is 0 Å². The Morgan fingerprint density at radius 1 is 1.62 bits per heavy atom. The molecule has 1 aromatic heterocycles. The number of hydrogen-bond acceptors (Lipinski definition) is 5. The van der Waals surface area contributed by atoms with Crippen molar-refractivity contribution in [3.05, 3.63) is 40.8 Å². The van der Waals surface area contributed by atoms with Crippen LogP contribution in [-0.2, 0) is 16.1 Å². The molecule has 2 unspecified atom stereocenters. The molecule has 0 saturated carbocycles. The first-order valence-electron chi connectivity index (χ1n) is 6.27. The fourth-order valence-corrected chi connectivity index (χ4v) is 3.98. The van der Waals surface area contributed by atoms with E-state index in [1.807, 2.05) is 0 Å². The molecule has 2 N–H and O–H groups in total. The number of thioether (sulfide) groups is 1.